The van der Waals surface area contributed by atoms with E-state index in [9.17, 15) is 0 Å². The molecule has 282 valence electrons. The van der Waals surface area contributed by atoms with E-state index < -0.39 is 0 Å². The van der Waals surface area contributed by atoms with Crippen LogP contribution in [0.4, 0.5) is 0 Å². The maximum Gasteiger partial charge on any atom is 0.187 e. The first-order valence-electron chi connectivity index (χ1n) is 18.7. The fourth-order valence-corrected chi connectivity index (χ4v) is 8.97. The van der Waals surface area contributed by atoms with Gasteiger partial charge in [-0.2, -0.15) is 0 Å². The van der Waals surface area contributed by atoms with Gasteiger partial charge in [0.05, 0.1) is 75.9 Å². The molecule has 0 unspecified atom stereocenters. The highest BCUT2D eigenvalue weighted by molar-refractivity contribution is 6.48. The number of rotatable bonds is 9. The van der Waals surface area contributed by atoms with Crippen molar-refractivity contribution >= 4 is 65.0 Å². The normalized spacial score (nSPS) is 11.9. The topological polar surface area (TPSA) is 94.1 Å². The van der Waals surface area contributed by atoms with Crippen molar-refractivity contribution in [3.63, 3.8) is 0 Å². The predicted octanol–water partition coefficient (Wildman–Crippen LogP) is 11.1. The number of methoxy groups -OCH3 is 6. The molecule has 3 aromatic heterocycles. The van der Waals surface area contributed by atoms with Gasteiger partial charge in [0.15, 0.2) is 34.5 Å². The van der Waals surface area contributed by atoms with E-state index >= 15 is 0 Å². The summed E-state index contributed by atoms with van der Waals surface area (Å²) < 4.78 is 38.3. The van der Waals surface area contributed by atoms with Crippen molar-refractivity contribution in [1.82, 2.24) is 15.0 Å². The van der Waals surface area contributed by atoms with Gasteiger partial charge in [0, 0.05) is 49.0 Å². The van der Waals surface area contributed by atoms with Crippen LogP contribution in [-0.2, 0) is 0 Å². The molecule has 0 amide bonds. The van der Waals surface area contributed by atoms with E-state index in [4.69, 9.17) is 43.4 Å². The highest BCUT2D eigenvalue weighted by Crippen LogP contribution is 2.62. The van der Waals surface area contributed by atoms with E-state index in [2.05, 4.69) is 93.6 Å². The van der Waals surface area contributed by atoms with Gasteiger partial charge in [-0.05, 0) is 20.8 Å². The third kappa shape index (κ3) is 4.53. The van der Waals surface area contributed by atoms with Gasteiger partial charge in [0.1, 0.15) is 16.6 Å². The SMILES string of the molecule is COc1c(OC)c2c(-c3ccc(C)cc3)nc3c(OC)c(OC)c4c(-c5ccc(C)cc5)nc5c(OC)c(OC)c6c(-c7ccc(C)cc7)nc1c1c6c5c4c3c21. The number of hydrogen-bond acceptors (Lipinski definition) is 9. The molecule has 0 saturated heterocycles. The molecule has 3 heterocycles. The summed E-state index contributed by atoms with van der Waals surface area (Å²) in [6.07, 6.45) is 0. The fourth-order valence-electron chi connectivity index (χ4n) is 8.97. The quantitative estimate of drug-likeness (QED) is 0.105. The van der Waals surface area contributed by atoms with Crippen molar-refractivity contribution in [3.8, 4) is 68.3 Å². The third-order valence-corrected chi connectivity index (χ3v) is 11.5. The summed E-state index contributed by atoms with van der Waals surface area (Å²) in [6.45, 7) is 6.22. The maximum absolute atomic E-state index is 6.40. The Morgan fingerprint density at radius 2 is 0.509 bits per heavy atom. The number of pyridine rings is 3. The molecule has 0 spiro atoms. The van der Waals surface area contributed by atoms with Gasteiger partial charge < -0.3 is 28.4 Å². The Hall–Kier alpha value is -6.87. The molecule has 0 aliphatic rings. The lowest BCUT2D eigenvalue weighted by atomic mass is 9.82. The molecular formula is C48H39N3O6. The molecule has 57 heavy (non-hydrogen) atoms. The first-order chi connectivity index (χ1) is 27.8. The Labute approximate surface area is 328 Å². The first kappa shape index (κ1) is 34.6. The maximum atomic E-state index is 6.40. The van der Waals surface area contributed by atoms with Crippen molar-refractivity contribution in [2.24, 2.45) is 0 Å². The monoisotopic (exact) mass is 753 g/mol. The van der Waals surface area contributed by atoms with Crippen molar-refractivity contribution in [2.45, 2.75) is 20.8 Å². The second kappa shape index (κ2) is 12.6. The standard InChI is InChI=1S/C48H39N3O6/c1-22-10-16-25(17-11-22)37-34-28-31-29-33-30-32(28)41(47(56-8)43(34)52-4)50-39(27-20-14-24(3)15-21-27)36(30)45(54-6)48(57-9)42(33)51-38(26-18-12-23(2)13-19-26)35(29)44(53-5)46(55-7)40(31)49-37/h10-21H,1-9H3. The lowest BCUT2D eigenvalue weighted by Gasteiger charge is -2.28. The van der Waals surface area contributed by atoms with Crippen LogP contribution in [0.25, 0.3) is 98.8 Å². The molecule has 10 rings (SSSR count). The van der Waals surface area contributed by atoms with Gasteiger partial charge in [-0.25, -0.2) is 15.0 Å². The Kier molecular flexibility index (Phi) is 7.64. The molecule has 9 heteroatoms. The van der Waals surface area contributed by atoms with Gasteiger partial charge in [0.25, 0.3) is 0 Å². The van der Waals surface area contributed by atoms with Crippen molar-refractivity contribution < 1.29 is 28.4 Å². The average Bonchev–Trinajstić information content (AvgIpc) is 3.24. The molecule has 10 aromatic rings. The van der Waals surface area contributed by atoms with E-state index in [0.717, 1.165) is 81.9 Å². The third-order valence-electron chi connectivity index (χ3n) is 11.5. The van der Waals surface area contributed by atoms with Crippen LogP contribution in [-0.4, -0.2) is 57.6 Å². The highest BCUT2D eigenvalue weighted by atomic mass is 16.5. The number of aromatic nitrogens is 3. The van der Waals surface area contributed by atoms with Gasteiger partial charge in [-0.3, -0.25) is 0 Å². The van der Waals surface area contributed by atoms with Crippen LogP contribution in [0.2, 0.25) is 0 Å². The molecule has 0 aliphatic carbocycles. The van der Waals surface area contributed by atoms with E-state index in [1.165, 1.54) is 0 Å². The number of ether oxygens (including phenoxy) is 6. The summed E-state index contributed by atoms with van der Waals surface area (Å²) in [5.41, 5.74) is 10.1. The number of benzene rings is 7. The zero-order valence-corrected chi connectivity index (χ0v) is 33.2. The molecule has 0 atom stereocenters. The second-order valence-electron chi connectivity index (χ2n) is 14.6. The van der Waals surface area contributed by atoms with Crippen LogP contribution in [0.1, 0.15) is 16.7 Å². The summed E-state index contributed by atoms with van der Waals surface area (Å²) >= 11 is 0. The summed E-state index contributed by atoms with van der Waals surface area (Å²) in [5.74, 6) is 3.08. The zero-order chi connectivity index (χ0) is 39.4. The van der Waals surface area contributed by atoms with Crippen LogP contribution in [0.5, 0.6) is 34.5 Å². The van der Waals surface area contributed by atoms with Gasteiger partial charge in [-0.15, -0.1) is 0 Å². The molecule has 0 saturated carbocycles. The van der Waals surface area contributed by atoms with Crippen molar-refractivity contribution in [3.05, 3.63) is 89.5 Å². The summed E-state index contributed by atoms with van der Waals surface area (Å²) in [4.78, 5) is 16.6. The molecule has 0 bridgehead atoms. The molecule has 0 fully saturated rings. The van der Waals surface area contributed by atoms with E-state index in [0.29, 0.717) is 68.1 Å². The molecule has 9 nitrogen and oxygen atoms in total. The smallest absolute Gasteiger partial charge is 0.187 e. The first-order valence-corrected chi connectivity index (χ1v) is 18.7. The summed E-state index contributed by atoms with van der Waals surface area (Å²) in [5, 5.41) is 7.70. The Morgan fingerprint density at radius 3 is 0.719 bits per heavy atom. The lowest BCUT2D eigenvalue weighted by molar-refractivity contribution is 0.360. The minimum atomic E-state index is 0.497. The van der Waals surface area contributed by atoms with E-state index in [1.54, 1.807) is 42.7 Å². The Balaban J connectivity index is 1.62. The van der Waals surface area contributed by atoms with Crippen LogP contribution in [0.15, 0.2) is 72.8 Å². The Morgan fingerprint density at radius 1 is 0.281 bits per heavy atom. The van der Waals surface area contributed by atoms with Crippen LogP contribution in [0.3, 0.4) is 0 Å². The largest absolute Gasteiger partial charge is 0.492 e. The lowest BCUT2D eigenvalue weighted by Crippen LogP contribution is -2.07. The number of nitrogens with zero attached hydrogens (tertiary/aromatic N) is 3. The highest BCUT2D eigenvalue weighted by Gasteiger charge is 2.37. The molecular weight excluding hydrogens is 715 g/mol. The average molecular weight is 754 g/mol. The number of hydrogen-bond donors (Lipinski definition) is 0. The van der Waals surface area contributed by atoms with Crippen LogP contribution < -0.4 is 28.4 Å². The van der Waals surface area contributed by atoms with Gasteiger partial charge in [-0.1, -0.05) is 89.5 Å². The molecule has 0 aliphatic heterocycles. The van der Waals surface area contributed by atoms with E-state index in [1.807, 2.05) is 0 Å². The van der Waals surface area contributed by atoms with Crippen molar-refractivity contribution in [2.75, 3.05) is 42.7 Å². The Bertz CT molecular complexity index is 2820. The minimum Gasteiger partial charge on any atom is -0.492 e. The zero-order valence-electron chi connectivity index (χ0n) is 33.2. The van der Waals surface area contributed by atoms with E-state index in [-0.39, 0.29) is 0 Å². The predicted molar refractivity (Wildman–Crippen MR) is 228 cm³/mol. The summed E-state index contributed by atoms with van der Waals surface area (Å²) in [6, 6.07) is 25.0. The fraction of sp³-hybridized carbons (Fsp3) is 0.188. The van der Waals surface area contributed by atoms with Crippen LogP contribution >= 0.6 is 0 Å². The molecule has 7 aromatic carbocycles. The van der Waals surface area contributed by atoms with Crippen LogP contribution in [0, 0.1) is 20.8 Å². The molecule has 0 radical (unpaired) electrons. The summed E-state index contributed by atoms with van der Waals surface area (Å²) in [7, 11) is 9.99. The van der Waals surface area contributed by atoms with Crippen molar-refractivity contribution in [1.29, 1.82) is 0 Å². The van der Waals surface area contributed by atoms with Gasteiger partial charge >= 0.3 is 0 Å². The minimum absolute atomic E-state index is 0.497. The molecule has 0 N–H and O–H groups in total. The number of aryl methyl sites for hydroxylation is 3. The second-order valence-corrected chi connectivity index (χ2v) is 14.6. The van der Waals surface area contributed by atoms with Gasteiger partial charge in [0.2, 0.25) is 0 Å².